The Bertz CT molecular complexity index is 2590. The van der Waals surface area contributed by atoms with Gasteiger partial charge in [0.1, 0.15) is 17.3 Å². The topological polar surface area (TPSA) is 137 Å². The van der Waals surface area contributed by atoms with E-state index in [-0.39, 0.29) is 56.1 Å². The van der Waals surface area contributed by atoms with E-state index in [9.17, 15) is 14.7 Å². The van der Waals surface area contributed by atoms with E-state index in [0.29, 0.717) is 65.9 Å². The number of ketones is 1. The normalized spacial score (nSPS) is 22.6. The highest BCUT2D eigenvalue weighted by atomic mass is 35.5. The number of carbonyl (C=O) groups is 4. The Morgan fingerprint density at radius 1 is 0.925 bits per heavy atom. The number of fused-ring (bicyclic) bond motifs is 3. The fraction of sp³-hybridized carbons (Fsp3) is 0.404. The number of Topliss-reactive ketones (excluding diaryl/α,β-unsaturated/α-hetero) is 1. The fourth-order valence-electron chi connectivity index (χ4n) is 10.1. The molecule has 0 unspecified atom stereocenters. The maximum Gasteiger partial charge on any atom is 0.226 e. The lowest BCUT2D eigenvalue weighted by Crippen LogP contribution is -2.63. The zero-order valence-corrected chi connectivity index (χ0v) is 40.7. The van der Waals surface area contributed by atoms with Gasteiger partial charge in [0, 0.05) is 54.2 Å². The van der Waals surface area contributed by atoms with Crippen LogP contribution in [0.25, 0.3) is 11.3 Å². The number of ether oxygens (including phenoxy) is 1. The van der Waals surface area contributed by atoms with Crippen molar-refractivity contribution in [2.24, 2.45) is 18.9 Å². The van der Waals surface area contributed by atoms with E-state index in [4.69, 9.17) is 27.9 Å². The van der Waals surface area contributed by atoms with Gasteiger partial charge >= 0.3 is 0 Å². The second-order valence-electron chi connectivity index (χ2n) is 18.6. The summed E-state index contributed by atoms with van der Waals surface area (Å²) in [5, 5.41) is 14.9. The third-order valence-corrected chi connectivity index (χ3v) is 14.2. The number of halogens is 3. The van der Waals surface area contributed by atoms with E-state index in [1.165, 1.54) is 4.90 Å². The number of aryl methyl sites for hydroxylation is 1. The highest BCUT2D eigenvalue weighted by Crippen LogP contribution is 2.42. The number of benzene rings is 4. The molecule has 1 aromatic heterocycles. The third-order valence-electron chi connectivity index (χ3n) is 13.7. The van der Waals surface area contributed by atoms with Crippen molar-refractivity contribution in [2.45, 2.75) is 82.5 Å². The van der Waals surface area contributed by atoms with Crippen LogP contribution in [0.1, 0.15) is 73.0 Å². The molecule has 2 saturated heterocycles. The Morgan fingerprint density at radius 3 is 2.39 bits per heavy atom. The third kappa shape index (κ3) is 11.2. The summed E-state index contributed by atoms with van der Waals surface area (Å²) in [7, 11) is 5.99. The second-order valence-corrected chi connectivity index (χ2v) is 19.4. The van der Waals surface area contributed by atoms with Gasteiger partial charge in [0.25, 0.3) is 0 Å². The van der Waals surface area contributed by atoms with Crippen LogP contribution >= 0.6 is 35.6 Å². The number of aliphatic hydroxyl groups excluding tert-OH is 1. The molecule has 2 aliphatic heterocycles. The molecule has 5 atom stereocenters. The number of rotatable bonds is 11. The first-order valence-electron chi connectivity index (χ1n) is 22.8. The Morgan fingerprint density at radius 2 is 1.66 bits per heavy atom. The summed E-state index contributed by atoms with van der Waals surface area (Å²) >= 11 is 12.8. The first kappa shape index (κ1) is 49.7. The first-order chi connectivity index (χ1) is 31.7. The van der Waals surface area contributed by atoms with Gasteiger partial charge in [-0.25, -0.2) is 4.98 Å². The van der Waals surface area contributed by atoms with Gasteiger partial charge in [-0.1, -0.05) is 65.7 Å². The quantitative estimate of drug-likeness (QED) is 0.135. The van der Waals surface area contributed by atoms with Crippen molar-refractivity contribution in [3.05, 3.63) is 135 Å². The summed E-state index contributed by atoms with van der Waals surface area (Å²) in [6.45, 7) is 2.39. The molecule has 1 aliphatic carbocycles. The summed E-state index contributed by atoms with van der Waals surface area (Å²) in [5.41, 5.74) is 4.75. The van der Waals surface area contributed by atoms with Gasteiger partial charge in [-0.05, 0) is 124 Å². The fourth-order valence-corrected chi connectivity index (χ4v) is 10.4. The van der Waals surface area contributed by atoms with Crippen molar-refractivity contribution < 1.29 is 29.0 Å². The van der Waals surface area contributed by atoms with Gasteiger partial charge in [-0.2, -0.15) is 0 Å². The molecule has 0 radical (unpaired) electrons. The number of aromatic nitrogens is 2. The molecule has 2 fully saturated rings. The van der Waals surface area contributed by atoms with Gasteiger partial charge in [0.2, 0.25) is 17.7 Å². The number of hydrogen-bond acceptors (Lipinski definition) is 8. The lowest BCUT2D eigenvalue weighted by atomic mass is 9.79. The lowest BCUT2D eigenvalue weighted by molar-refractivity contribution is -0.148. The molecule has 3 aliphatic rings. The molecule has 12 nitrogen and oxygen atoms in total. The van der Waals surface area contributed by atoms with Crippen molar-refractivity contribution in [3.8, 4) is 22.8 Å². The smallest absolute Gasteiger partial charge is 0.226 e. The summed E-state index contributed by atoms with van der Waals surface area (Å²) in [6, 6.07) is 27.3. The Hall–Kier alpha value is -5.24. The van der Waals surface area contributed by atoms with Gasteiger partial charge in [0.05, 0.1) is 55.0 Å². The number of aliphatic hydroxyl groups is 1. The minimum absolute atomic E-state index is 0. The average Bonchev–Trinajstić information content (AvgIpc) is 3.89. The van der Waals surface area contributed by atoms with Crippen molar-refractivity contribution >= 4 is 59.1 Å². The maximum absolute atomic E-state index is 15.3. The standard InChI is InChI=1S/C52H58Cl2N6O6.ClH/c1-33-46(62)24-38(31-61)50(64)56-52(27-34-10-16-39(53)17-11-34)22-7-23-59(32-52)51(65)44(43-21-15-35-8-5-6-9-42(35)43)26-49(63)60(33)29-37-12-18-40(54)25-47(37)66-41-19-13-36(14-20-41)45-28-55-48(58(45)4)30-57(2)3;/h5-6,8-14,16-20,25,28,33,38,43-44,61H,7,15,21-24,26-27,29-32H2,1-4H3,(H,56,64);1H/t33-,38-,43+,44-,52+;/m0./s1. The van der Waals surface area contributed by atoms with Crippen LogP contribution in [0.15, 0.2) is 97.2 Å². The van der Waals surface area contributed by atoms with Gasteiger partial charge in [-0.3, -0.25) is 19.2 Å². The number of carbonyl (C=O) groups excluding carboxylic acids is 4. The molecule has 4 aromatic carbocycles. The number of piperidine rings is 1. The Kier molecular flexibility index (Phi) is 15.8. The molecule has 3 heterocycles. The highest BCUT2D eigenvalue weighted by Gasteiger charge is 2.45. The number of nitrogens with zero attached hydrogens (tertiary/aromatic N) is 5. The highest BCUT2D eigenvalue weighted by molar-refractivity contribution is 6.31. The van der Waals surface area contributed by atoms with Gasteiger partial charge < -0.3 is 34.4 Å². The average molecular weight is 970 g/mol. The SMILES string of the molecule is C[C@H]1C(=O)C[C@@H](CO)C(=O)N[C@@]2(Cc3ccc(Cl)cc3)CCCN(C2)C(=O)[C@H]([C@@H]2CCc3ccccc32)CC(=O)N1Cc1ccc(Cl)cc1Oc1ccc(-c2cnc(CN(C)C)n2C)cc1.Cl. The molecule has 5 aromatic rings. The number of amides is 3. The van der Waals surface area contributed by atoms with Crippen LogP contribution in [0, 0.1) is 11.8 Å². The largest absolute Gasteiger partial charge is 0.457 e. The predicted octanol–water partition coefficient (Wildman–Crippen LogP) is 8.42. The van der Waals surface area contributed by atoms with Crippen LogP contribution in [-0.2, 0) is 52.2 Å². The predicted molar refractivity (Wildman–Crippen MR) is 262 cm³/mol. The molecule has 354 valence electrons. The van der Waals surface area contributed by atoms with Crippen LogP contribution in [0.2, 0.25) is 10.0 Å². The van der Waals surface area contributed by atoms with E-state index < -0.39 is 41.7 Å². The van der Waals surface area contributed by atoms with Crippen molar-refractivity contribution in [2.75, 3.05) is 33.8 Å². The van der Waals surface area contributed by atoms with E-state index in [1.54, 1.807) is 37.3 Å². The van der Waals surface area contributed by atoms with E-state index in [0.717, 1.165) is 40.2 Å². The molecule has 2 bridgehead atoms. The van der Waals surface area contributed by atoms with Crippen LogP contribution in [0.4, 0.5) is 0 Å². The van der Waals surface area contributed by atoms with Crippen LogP contribution in [0.3, 0.4) is 0 Å². The van der Waals surface area contributed by atoms with Crippen LogP contribution < -0.4 is 10.1 Å². The maximum atomic E-state index is 15.3. The molecular weight excluding hydrogens is 911 g/mol. The Labute approximate surface area is 409 Å². The summed E-state index contributed by atoms with van der Waals surface area (Å²) < 4.78 is 8.56. The first-order valence-corrected chi connectivity index (χ1v) is 23.5. The van der Waals surface area contributed by atoms with Crippen LogP contribution in [0.5, 0.6) is 11.5 Å². The molecule has 15 heteroatoms. The Balaban J connectivity index is 0.00000666. The van der Waals surface area contributed by atoms with E-state index >= 15 is 9.59 Å². The molecule has 0 saturated carbocycles. The van der Waals surface area contributed by atoms with Gasteiger partial charge in [-0.15, -0.1) is 12.4 Å². The number of imidazole rings is 1. The van der Waals surface area contributed by atoms with Gasteiger partial charge in [0.15, 0.2) is 5.78 Å². The minimum Gasteiger partial charge on any atom is -0.457 e. The summed E-state index contributed by atoms with van der Waals surface area (Å²) in [4.78, 5) is 69.2. The van der Waals surface area contributed by atoms with Crippen molar-refractivity contribution in [3.63, 3.8) is 0 Å². The molecule has 8 rings (SSSR count). The molecule has 3 amide bonds. The van der Waals surface area contributed by atoms with Crippen molar-refractivity contribution in [1.29, 1.82) is 0 Å². The summed E-state index contributed by atoms with van der Waals surface area (Å²) in [5.74, 6) is -1.59. The minimum atomic E-state index is -1.08. The zero-order chi connectivity index (χ0) is 46.7. The number of hydrogen-bond donors (Lipinski definition) is 2. The van der Waals surface area contributed by atoms with E-state index in [2.05, 4.69) is 31.9 Å². The van der Waals surface area contributed by atoms with Crippen molar-refractivity contribution in [1.82, 2.24) is 29.6 Å². The monoisotopic (exact) mass is 968 g/mol. The van der Waals surface area contributed by atoms with E-state index in [1.807, 2.05) is 80.8 Å². The van der Waals surface area contributed by atoms with Crippen LogP contribution in [-0.4, -0.2) is 98.2 Å². The molecular formula is C52H59Cl3N6O6. The zero-order valence-electron chi connectivity index (χ0n) is 38.4. The second kappa shape index (κ2) is 21.4. The number of nitrogens with one attached hydrogen (secondary N) is 1. The molecule has 67 heavy (non-hydrogen) atoms. The lowest BCUT2D eigenvalue weighted by Gasteiger charge is -2.46. The summed E-state index contributed by atoms with van der Waals surface area (Å²) in [6.07, 6.45) is 4.49. The molecule has 0 spiro atoms. The molecule has 2 N–H and O–H groups in total.